The molecule has 1 N–H and O–H groups in total. The molecule has 0 spiro atoms. The fraction of sp³-hybridized carbons (Fsp3) is 0.600. The van der Waals surface area contributed by atoms with E-state index in [4.69, 9.17) is 9.68 Å². The second-order valence-electron chi connectivity index (χ2n) is 5.40. The van der Waals surface area contributed by atoms with Gasteiger partial charge >= 0.3 is 0 Å². The maximum Gasteiger partial charge on any atom is 0.255 e. The SMILES string of the molecule is Cc1oc(C)c(C(=O)NC2CCN(CC#N)CC2)c1C. The quantitative estimate of drug-likeness (QED) is 0.856. The number of furan rings is 1. The van der Waals surface area contributed by atoms with E-state index >= 15 is 0 Å². The highest BCUT2D eigenvalue weighted by atomic mass is 16.3. The van der Waals surface area contributed by atoms with Gasteiger partial charge in [-0.2, -0.15) is 5.26 Å². The summed E-state index contributed by atoms with van der Waals surface area (Å²) in [4.78, 5) is 14.5. The molecule has 5 heteroatoms. The lowest BCUT2D eigenvalue weighted by atomic mass is 10.0. The van der Waals surface area contributed by atoms with E-state index in [1.807, 2.05) is 20.8 Å². The van der Waals surface area contributed by atoms with E-state index in [1.165, 1.54) is 0 Å². The molecule has 0 saturated carbocycles. The zero-order chi connectivity index (χ0) is 14.7. The smallest absolute Gasteiger partial charge is 0.255 e. The van der Waals surface area contributed by atoms with Gasteiger partial charge in [0.2, 0.25) is 0 Å². The second kappa shape index (κ2) is 6.10. The Kier molecular flexibility index (Phi) is 4.46. The van der Waals surface area contributed by atoms with Gasteiger partial charge in [-0.25, -0.2) is 0 Å². The summed E-state index contributed by atoms with van der Waals surface area (Å²) in [5, 5.41) is 11.8. The van der Waals surface area contributed by atoms with E-state index in [0.717, 1.165) is 37.3 Å². The second-order valence-corrected chi connectivity index (χ2v) is 5.40. The summed E-state index contributed by atoms with van der Waals surface area (Å²) in [6.07, 6.45) is 1.78. The zero-order valence-electron chi connectivity index (χ0n) is 12.3. The van der Waals surface area contributed by atoms with Crippen LogP contribution >= 0.6 is 0 Å². The average Bonchev–Trinajstić information content (AvgIpc) is 2.66. The fourth-order valence-corrected chi connectivity index (χ4v) is 2.72. The van der Waals surface area contributed by atoms with Crippen molar-refractivity contribution in [1.29, 1.82) is 5.26 Å². The molecular formula is C15H21N3O2. The van der Waals surface area contributed by atoms with Crippen LogP contribution in [0.25, 0.3) is 0 Å². The third-order valence-electron chi connectivity index (χ3n) is 4.01. The van der Waals surface area contributed by atoms with Gasteiger partial charge in [0.05, 0.1) is 18.2 Å². The molecule has 1 aliphatic rings. The molecule has 2 heterocycles. The molecule has 1 aliphatic heterocycles. The number of carbonyl (C=O) groups excluding carboxylic acids is 1. The first kappa shape index (κ1) is 14.6. The van der Waals surface area contributed by atoms with Crippen molar-refractivity contribution in [1.82, 2.24) is 10.2 Å². The highest BCUT2D eigenvalue weighted by Crippen LogP contribution is 2.21. The summed E-state index contributed by atoms with van der Waals surface area (Å²) in [6.45, 7) is 7.81. The van der Waals surface area contributed by atoms with Crippen molar-refractivity contribution in [3.63, 3.8) is 0 Å². The van der Waals surface area contributed by atoms with Crippen molar-refractivity contribution in [2.75, 3.05) is 19.6 Å². The largest absolute Gasteiger partial charge is 0.466 e. The number of carbonyl (C=O) groups is 1. The number of rotatable bonds is 3. The molecule has 2 rings (SSSR count). The van der Waals surface area contributed by atoms with Crippen LogP contribution in [0.1, 0.15) is 40.3 Å². The van der Waals surface area contributed by atoms with Gasteiger partial charge in [0, 0.05) is 24.7 Å². The summed E-state index contributed by atoms with van der Waals surface area (Å²) in [7, 11) is 0. The minimum absolute atomic E-state index is 0.0458. The highest BCUT2D eigenvalue weighted by molar-refractivity contribution is 5.97. The first-order chi connectivity index (χ1) is 9.52. The van der Waals surface area contributed by atoms with E-state index in [9.17, 15) is 4.79 Å². The van der Waals surface area contributed by atoms with Crippen LogP contribution in [0.4, 0.5) is 0 Å². The summed E-state index contributed by atoms with van der Waals surface area (Å²) in [5.41, 5.74) is 1.59. The number of hydrogen-bond donors (Lipinski definition) is 1. The zero-order valence-corrected chi connectivity index (χ0v) is 12.3. The van der Waals surface area contributed by atoms with E-state index in [0.29, 0.717) is 17.9 Å². The molecule has 0 atom stereocenters. The summed E-state index contributed by atoms with van der Waals surface area (Å²) < 4.78 is 5.50. The minimum Gasteiger partial charge on any atom is -0.466 e. The third-order valence-corrected chi connectivity index (χ3v) is 4.01. The Bertz CT molecular complexity index is 534. The van der Waals surface area contributed by atoms with Gasteiger partial charge in [0.15, 0.2) is 0 Å². The maximum absolute atomic E-state index is 12.3. The van der Waals surface area contributed by atoms with E-state index in [-0.39, 0.29) is 11.9 Å². The minimum atomic E-state index is -0.0458. The van der Waals surface area contributed by atoms with Crippen molar-refractivity contribution >= 4 is 5.91 Å². The number of amides is 1. The Morgan fingerprint density at radius 3 is 2.50 bits per heavy atom. The number of likely N-dealkylation sites (tertiary alicyclic amines) is 1. The molecule has 0 aromatic carbocycles. The Morgan fingerprint density at radius 2 is 2.00 bits per heavy atom. The Balaban J connectivity index is 1.95. The highest BCUT2D eigenvalue weighted by Gasteiger charge is 2.24. The van der Waals surface area contributed by atoms with E-state index in [2.05, 4.69) is 16.3 Å². The summed E-state index contributed by atoms with van der Waals surface area (Å²) >= 11 is 0. The van der Waals surface area contributed by atoms with E-state index < -0.39 is 0 Å². The Labute approximate surface area is 119 Å². The first-order valence-electron chi connectivity index (χ1n) is 6.99. The Hall–Kier alpha value is -1.80. The van der Waals surface area contributed by atoms with Crippen LogP contribution < -0.4 is 5.32 Å². The molecule has 1 amide bonds. The van der Waals surface area contributed by atoms with Crippen LogP contribution in [0.3, 0.4) is 0 Å². The van der Waals surface area contributed by atoms with Crippen molar-refractivity contribution in [3.8, 4) is 6.07 Å². The maximum atomic E-state index is 12.3. The van der Waals surface area contributed by atoms with Crippen LogP contribution in [-0.4, -0.2) is 36.5 Å². The predicted octanol–water partition coefficient (Wildman–Crippen LogP) is 1.92. The first-order valence-corrected chi connectivity index (χ1v) is 6.99. The molecule has 0 radical (unpaired) electrons. The van der Waals surface area contributed by atoms with Gasteiger partial charge in [0.25, 0.3) is 5.91 Å². The number of hydrogen-bond acceptors (Lipinski definition) is 4. The number of piperidine rings is 1. The average molecular weight is 275 g/mol. The number of nitrogens with zero attached hydrogens (tertiary/aromatic N) is 2. The van der Waals surface area contributed by atoms with Crippen LogP contribution in [0, 0.1) is 32.1 Å². The molecule has 0 aliphatic carbocycles. The van der Waals surface area contributed by atoms with Crippen LogP contribution in [0.2, 0.25) is 0 Å². The van der Waals surface area contributed by atoms with Crippen molar-refractivity contribution in [3.05, 3.63) is 22.6 Å². The van der Waals surface area contributed by atoms with Crippen LogP contribution in [0.5, 0.6) is 0 Å². The molecule has 1 saturated heterocycles. The van der Waals surface area contributed by atoms with Crippen LogP contribution in [-0.2, 0) is 0 Å². The molecule has 0 bridgehead atoms. The number of nitriles is 1. The molecule has 20 heavy (non-hydrogen) atoms. The lowest BCUT2D eigenvalue weighted by Gasteiger charge is -2.30. The Morgan fingerprint density at radius 1 is 1.35 bits per heavy atom. The van der Waals surface area contributed by atoms with Crippen molar-refractivity contribution in [2.24, 2.45) is 0 Å². The van der Waals surface area contributed by atoms with Gasteiger partial charge in [-0.15, -0.1) is 0 Å². The van der Waals surface area contributed by atoms with Gasteiger partial charge in [-0.05, 0) is 33.6 Å². The van der Waals surface area contributed by atoms with Gasteiger partial charge in [0.1, 0.15) is 11.5 Å². The van der Waals surface area contributed by atoms with Gasteiger partial charge in [-0.3, -0.25) is 9.69 Å². The summed E-state index contributed by atoms with van der Waals surface area (Å²) in [6, 6.07) is 2.35. The van der Waals surface area contributed by atoms with E-state index in [1.54, 1.807) is 0 Å². The lowest BCUT2D eigenvalue weighted by molar-refractivity contribution is 0.0912. The van der Waals surface area contributed by atoms with Crippen molar-refractivity contribution in [2.45, 2.75) is 39.7 Å². The van der Waals surface area contributed by atoms with Crippen molar-refractivity contribution < 1.29 is 9.21 Å². The molecule has 5 nitrogen and oxygen atoms in total. The third kappa shape index (κ3) is 3.02. The molecule has 1 aromatic heterocycles. The topological polar surface area (TPSA) is 69.3 Å². The summed E-state index contributed by atoms with van der Waals surface area (Å²) in [5.74, 6) is 1.44. The predicted molar refractivity (Wildman–Crippen MR) is 75.5 cm³/mol. The normalized spacial score (nSPS) is 16.9. The van der Waals surface area contributed by atoms with Gasteiger partial charge < -0.3 is 9.73 Å². The lowest BCUT2D eigenvalue weighted by Crippen LogP contribution is -2.44. The molecule has 1 aromatic rings. The fourth-order valence-electron chi connectivity index (χ4n) is 2.72. The number of nitrogens with one attached hydrogen (secondary N) is 1. The van der Waals surface area contributed by atoms with Crippen LogP contribution in [0.15, 0.2) is 4.42 Å². The molecular weight excluding hydrogens is 254 g/mol. The van der Waals surface area contributed by atoms with Gasteiger partial charge in [-0.1, -0.05) is 0 Å². The molecule has 1 fully saturated rings. The monoisotopic (exact) mass is 275 g/mol. The number of aryl methyl sites for hydroxylation is 2. The standard InChI is InChI=1S/C15H21N3O2/c1-10-11(2)20-12(3)14(10)15(19)17-13-4-7-18(8-5-13)9-6-16/h13H,4-5,7-9H2,1-3H3,(H,17,19). The molecule has 108 valence electrons. The molecule has 0 unspecified atom stereocenters.